The van der Waals surface area contributed by atoms with Crippen LogP contribution in [0.3, 0.4) is 0 Å². The third-order valence-corrected chi connectivity index (χ3v) is 6.24. The monoisotopic (exact) mass is 440 g/mol. The summed E-state index contributed by atoms with van der Waals surface area (Å²) in [5.74, 6) is 1.78. The average Bonchev–Trinajstić information content (AvgIpc) is 2.77. The molecule has 0 saturated heterocycles. The Morgan fingerprint density at radius 3 is 1.90 bits per heavy atom. The topological polar surface area (TPSA) is 33.7 Å². The van der Waals surface area contributed by atoms with Crippen LogP contribution in [0.1, 0.15) is 63.0 Å². The molecule has 0 aromatic heterocycles. The zero-order chi connectivity index (χ0) is 21.9. The summed E-state index contributed by atoms with van der Waals surface area (Å²) in [6.07, 6.45) is 9.05. The lowest BCUT2D eigenvalue weighted by molar-refractivity contribution is 0.339. The molecule has 1 fully saturated rings. The predicted octanol–water partition coefficient (Wildman–Crippen LogP) is 6.08. The Hall–Kier alpha value is -2.27. The second-order valence-electron chi connectivity index (χ2n) is 8.27. The average molecular weight is 441 g/mol. The van der Waals surface area contributed by atoms with Crippen molar-refractivity contribution >= 4 is 17.3 Å². The van der Waals surface area contributed by atoms with Crippen molar-refractivity contribution in [2.45, 2.75) is 71.0 Å². The van der Waals surface area contributed by atoms with Crippen molar-refractivity contribution in [2.24, 2.45) is 0 Å². The minimum Gasteiger partial charge on any atom is -0.497 e. The third-order valence-electron chi connectivity index (χ3n) is 5.86. The number of nitrogens with one attached hydrogen (secondary N) is 1. The van der Waals surface area contributed by atoms with Gasteiger partial charge in [0.2, 0.25) is 0 Å². The molecular weight excluding hydrogens is 404 g/mol. The fourth-order valence-corrected chi connectivity index (χ4v) is 4.39. The molecule has 1 aliphatic rings. The lowest BCUT2D eigenvalue weighted by atomic mass is 9.97. The van der Waals surface area contributed by atoms with Gasteiger partial charge in [-0.15, -0.1) is 0 Å². The molecule has 0 unspecified atom stereocenters. The maximum absolute atomic E-state index is 5.91. The quantitative estimate of drug-likeness (QED) is 0.503. The van der Waals surface area contributed by atoms with E-state index >= 15 is 0 Å². The van der Waals surface area contributed by atoms with Gasteiger partial charge in [-0.25, -0.2) is 0 Å². The van der Waals surface area contributed by atoms with Gasteiger partial charge in [-0.3, -0.25) is 0 Å². The van der Waals surface area contributed by atoms with Crippen LogP contribution >= 0.6 is 12.2 Å². The molecule has 0 spiro atoms. The maximum Gasteiger partial charge on any atom is 0.169 e. The summed E-state index contributed by atoms with van der Waals surface area (Å²) >= 11 is 5.91. The molecule has 0 atom stereocenters. The summed E-state index contributed by atoms with van der Waals surface area (Å²) < 4.78 is 10.9. The first-order valence-corrected chi connectivity index (χ1v) is 12.0. The predicted molar refractivity (Wildman–Crippen MR) is 132 cm³/mol. The highest BCUT2D eigenvalue weighted by atomic mass is 32.1. The van der Waals surface area contributed by atoms with E-state index in [2.05, 4.69) is 34.5 Å². The second-order valence-corrected chi connectivity index (χ2v) is 8.66. The zero-order valence-electron chi connectivity index (χ0n) is 18.9. The molecule has 0 bridgehead atoms. The molecule has 0 aliphatic heterocycles. The summed E-state index contributed by atoms with van der Waals surface area (Å²) in [6.45, 7) is 4.20. The fraction of sp³-hybridized carbons (Fsp3) is 0.500. The number of benzene rings is 2. The van der Waals surface area contributed by atoms with Crippen molar-refractivity contribution in [3.63, 3.8) is 0 Å². The molecule has 5 heteroatoms. The minimum absolute atomic E-state index is 0.478. The first kappa shape index (κ1) is 23.4. The Bertz CT molecular complexity index is 784. The van der Waals surface area contributed by atoms with E-state index in [0.29, 0.717) is 12.6 Å². The SMILES string of the molecule is CCOc1ccc(CN(Cc2ccc(OC)cc2)C(=S)NC2CCCCCCC2)cc1. The summed E-state index contributed by atoms with van der Waals surface area (Å²) in [5, 5.41) is 4.53. The van der Waals surface area contributed by atoms with Crippen LogP contribution in [0.15, 0.2) is 48.5 Å². The highest BCUT2D eigenvalue weighted by Gasteiger charge is 2.17. The van der Waals surface area contributed by atoms with Gasteiger partial charge < -0.3 is 19.7 Å². The van der Waals surface area contributed by atoms with Gasteiger partial charge in [-0.05, 0) is 67.4 Å². The lowest BCUT2D eigenvalue weighted by Gasteiger charge is -2.30. The van der Waals surface area contributed by atoms with Crippen LogP contribution in [-0.4, -0.2) is 29.8 Å². The van der Waals surface area contributed by atoms with Gasteiger partial charge in [0.1, 0.15) is 11.5 Å². The molecule has 1 N–H and O–H groups in total. The van der Waals surface area contributed by atoms with E-state index in [1.807, 2.05) is 31.2 Å². The van der Waals surface area contributed by atoms with E-state index in [0.717, 1.165) is 29.7 Å². The molecule has 168 valence electrons. The fourth-order valence-electron chi connectivity index (χ4n) is 4.10. The van der Waals surface area contributed by atoms with Gasteiger partial charge in [0.25, 0.3) is 0 Å². The van der Waals surface area contributed by atoms with Gasteiger partial charge in [0.15, 0.2) is 5.11 Å². The van der Waals surface area contributed by atoms with Gasteiger partial charge in [0.05, 0.1) is 13.7 Å². The molecule has 0 radical (unpaired) electrons. The van der Waals surface area contributed by atoms with Crippen LogP contribution in [-0.2, 0) is 13.1 Å². The second kappa shape index (κ2) is 12.6. The number of rotatable bonds is 8. The Kier molecular flexibility index (Phi) is 9.47. The molecule has 0 amide bonds. The van der Waals surface area contributed by atoms with E-state index in [1.165, 1.54) is 56.1 Å². The van der Waals surface area contributed by atoms with Crippen LogP contribution in [0, 0.1) is 0 Å². The molecule has 31 heavy (non-hydrogen) atoms. The number of ether oxygens (including phenoxy) is 2. The number of thiocarbonyl (C=S) groups is 1. The van der Waals surface area contributed by atoms with E-state index in [1.54, 1.807) is 7.11 Å². The van der Waals surface area contributed by atoms with Gasteiger partial charge in [-0.2, -0.15) is 0 Å². The van der Waals surface area contributed by atoms with Gasteiger partial charge in [0, 0.05) is 19.1 Å². The van der Waals surface area contributed by atoms with Crippen molar-refractivity contribution < 1.29 is 9.47 Å². The van der Waals surface area contributed by atoms with Crippen molar-refractivity contribution in [2.75, 3.05) is 13.7 Å². The molecule has 0 heterocycles. The van der Waals surface area contributed by atoms with E-state index in [4.69, 9.17) is 21.7 Å². The third kappa shape index (κ3) is 7.73. The van der Waals surface area contributed by atoms with Crippen LogP contribution in [0.2, 0.25) is 0 Å². The highest BCUT2D eigenvalue weighted by molar-refractivity contribution is 7.80. The molecule has 3 rings (SSSR count). The smallest absolute Gasteiger partial charge is 0.169 e. The Labute approximate surface area is 192 Å². The largest absolute Gasteiger partial charge is 0.497 e. The Balaban J connectivity index is 1.70. The molecule has 2 aromatic carbocycles. The minimum atomic E-state index is 0.478. The van der Waals surface area contributed by atoms with Crippen molar-refractivity contribution in [1.82, 2.24) is 10.2 Å². The summed E-state index contributed by atoms with van der Waals surface area (Å²) in [4.78, 5) is 2.27. The number of hydrogen-bond donors (Lipinski definition) is 1. The number of methoxy groups -OCH3 is 1. The van der Waals surface area contributed by atoms with Crippen LogP contribution < -0.4 is 14.8 Å². The van der Waals surface area contributed by atoms with Gasteiger partial charge in [-0.1, -0.05) is 56.4 Å². The Morgan fingerprint density at radius 1 is 0.871 bits per heavy atom. The molecule has 4 nitrogen and oxygen atoms in total. The first-order valence-electron chi connectivity index (χ1n) is 11.6. The van der Waals surface area contributed by atoms with Crippen LogP contribution in [0.25, 0.3) is 0 Å². The standard InChI is InChI=1S/C26H36N2O2S/c1-3-30-25-17-13-22(14-18-25)20-28(19-21-11-15-24(29-2)16-12-21)26(31)27-23-9-7-5-4-6-8-10-23/h11-18,23H,3-10,19-20H2,1-2H3,(H,27,31). The van der Waals surface area contributed by atoms with Crippen LogP contribution in [0.5, 0.6) is 11.5 Å². The van der Waals surface area contributed by atoms with E-state index in [-0.39, 0.29) is 0 Å². The maximum atomic E-state index is 5.91. The summed E-state index contributed by atoms with van der Waals surface area (Å²) in [5.41, 5.74) is 2.44. The highest BCUT2D eigenvalue weighted by Crippen LogP contribution is 2.20. The van der Waals surface area contributed by atoms with E-state index < -0.39 is 0 Å². The van der Waals surface area contributed by atoms with Crippen LogP contribution in [0.4, 0.5) is 0 Å². The normalized spacial score (nSPS) is 14.9. The molecular formula is C26H36N2O2S. The number of hydrogen-bond acceptors (Lipinski definition) is 3. The van der Waals surface area contributed by atoms with E-state index in [9.17, 15) is 0 Å². The zero-order valence-corrected chi connectivity index (χ0v) is 19.8. The lowest BCUT2D eigenvalue weighted by Crippen LogP contribution is -2.44. The first-order chi connectivity index (χ1) is 15.2. The molecule has 1 saturated carbocycles. The van der Waals surface area contributed by atoms with Crippen molar-refractivity contribution in [1.29, 1.82) is 0 Å². The molecule has 1 aliphatic carbocycles. The summed E-state index contributed by atoms with van der Waals surface area (Å²) in [6, 6.07) is 17.1. The van der Waals surface area contributed by atoms with Crippen molar-refractivity contribution in [3.05, 3.63) is 59.7 Å². The van der Waals surface area contributed by atoms with Crippen molar-refractivity contribution in [3.8, 4) is 11.5 Å². The van der Waals surface area contributed by atoms with Gasteiger partial charge >= 0.3 is 0 Å². The molecule has 2 aromatic rings. The summed E-state index contributed by atoms with van der Waals surface area (Å²) in [7, 11) is 1.70. The Morgan fingerprint density at radius 2 is 1.39 bits per heavy atom. The number of nitrogens with zero attached hydrogens (tertiary/aromatic N) is 1.